The second kappa shape index (κ2) is 7.03. The average molecular weight is 347 g/mol. The molecule has 1 unspecified atom stereocenters. The van der Waals surface area contributed by atoms with Crippen molar-refractivity contribution in [3.05, 3.63) is 15.6 Å². The van der Waals surface area contributed by atoms with Gasteiger partial charge in [0.1, 0.15) is 0 Å². The van der Waals surface area contributed by atoms with Crippen molar-refractivity contribution in [2.24, 2.45) is 0 Å². The first-order chi connectivity index (χ1) is 10.3. The van der Waals surface area contributed by atoms with Crippen LogP contribution in [-0.2, 0) is 26.0 Å². The lowest BCUT2D eigenvalue weighted by molar-refractivity contribution is -0.121. The summed E-state index contributed by atoms with van der Waals surface area (Å²) in [7, 11) is -3.21. The molecule has 1 aromatic rings. The third kappa shape index (κ3) is 4.73. The molecule has 2 rings (SSSR count). The molecule has 0 saturated carbocycles. The Morgan fingerprint density at radius 3 is 2.82 bits per heavy atom. The molecule has 0 aliphatic carbocycles. The molecule has 0 aromatic carbocycles. The van der Waals surface area contributed by atoms with Crippen molar-refractivity contribution < 1.29 is 17.9 Å². The minimum absolute atomic E-state index is 0.105. The van der Waals surface area contributed by atoms with Crippen molar-refractivity contribution in [3.63, 3.8) is 0 Å². The maximum atomic E-state index is 12.0. The smallest absolute Gasteiger partial charge is 0.225 e. The maximum absolute atomic E-state index is 12.0. The Morgan fingerprint density at radius 2 is 2.23 bits per heavy atom. The molecule has 22 heavy (non-hydrogen) atoms. The van der Waals surface area contributed by atoms with Crippen LogP contribution in [0.25, 0.3) is 0 Å². The molecule has 0 bridgehead atoms. The molecule has 0 spiro atoms. The number of morpholine rings is 1. The number of carbonyl (C=O) groups excluding carboxylic acids is 1. The van der Waals surface area contributed by atoms with Gasteiger partial charge < -0.3 is 10.1 Å². The van der Waals surface area contributed by atoms with Crippen LogP contribution in [0.5, 0.6) is 0 Å². The third-order valence-electron chi connectivity index (χ3n) is 3.42. The van der Waals surface area contributed by atoms with E-state index >= 15 is 0 Å². The Bertz CT molecular complexity index is 642. The number of nitrogens with one attached hydrogen (secondary N) is 1. The van der Waals surface area contributed by atoms with Gasteiger partial charge in [-0.1, -0.05) is 0 Å². The lowest BCUT2D eigenvalue weighted by atomic mass is 10.2. The predicted molar refractivity (Wildman–Crippen MR) is 84.5 cm³/mol. The average Bonchev–Trinajstić information content (AvgIpc) is 2.74. The fourth-order valence-electron chi connectivity index (χ4n) is 2.29. The molecular formula is C13H21N3O4S2. The van der Waals surface area contributed by atoms with E-state index in [2.05, 4.69) is 10.3 Å². The zero-order chi connectivity index (χ0) is 16.3. The van der Waals surface area contributed by atoms with Gasteiger partial charge in [0.2, 0.25) is 15.9 Å². The Hall–Kier alpha value is -1.03. The standard InChI is InChI=1S/C13H21N3O4S2/c1-9-12(21-10(2)15-9)6-13(17)14-7-11-8-16(4-5-20-11)22(3,18)19/h11H,4-8H2,1-3H3,(H,14,17). The van der Waals surface area contributed by atoms with Gasteiger partial charge >= 0.3 is 0 Å². The number of hydrogen-bond acceptors (Lipinski definition) is 6. The van der Waals surface area contributed by atoms with Crippen LogP contribution < -0.4 is 5.32 Å². The molecule has 1 atom stereocenters. The van der Waals surface area contributed by atoms with Gasteiger partial charge in [0.15, 0.2) is 0 Å². The number of aromatic nitrogens is 1. The highest BCUT2D eigenvalue weighted by molar-refractivity contribution is 7.88. The molecule has 1 saturated heterocycles. The summed E-state index contributed by atoms with van der Waals surface area (Å²) in [6.45, 7) is 5.10. The van der Waals surface area contributed by atoms with E-state index in [-0.39, 0.29) is 18.6 Å². The van der Waals surface area contributed by atoms with Crippen molar-refractivity contribution in [1.29, 1.82) is 0 Å². The van der Waals surface area contributed by atoms with Crippen LogP contribution in [0, 0.1) is 13.8 Å². The highest BCUT2D eigenvalue weighted by Gasteiger charge is 2.26. The first-order valence-corrected chi connectivity index (χ1v) is 9.68. The first-order valence-electron chi connectivity index (χ1n) is 7.02. The fraction of sp³-hybridized carbons (Fsp3) is 0.692. The molecule has 1 N–H and O–H groups in total. The maximum Gasteiger partial charge on any atom is 0.225 e. The van der Waals surface area contributed by atoms with Crippen LogP contribution in [0.1, 0.15) is 15.6 Å². The summed E-state index contributed by atoms with van der Waals surface area (Å²) in [4.78, 5) is 17.2. The molecule has 1 aliphatic heterocycles. The normalized spacial score (nSPS) is 20.0. The van der Waals surface area contributed by atoms with Crippen LogP contribution in [0.3, 0.4) is 0 Å². The SMILES string of the molecule is Cc1nc(C)c(CC(=O)NCC2CN(S(C)(=O)=O)CCO2)s1. The third-order valence-corrected chi connectivity index (χ3v) is 5.76. The van der Waals surface area contributed by atoms with E-state index in [0.29, 0.717) is 26.1 Å². The Balaban J connectivity index is 1.82. The quantitative estimate of drug-likeness (QED) is 0.815. The van der Waals surface area contributed by atoms with E-state index in [1.165, 1.54) is 21.9 Å². The fourth-order valence-corrected chi connectivity index (χ4v) is 4.07. The molecule has 1 amide bonds. The van der Waals surface area contributed by atoms with Crippen LogP contribution in [0.15, 0.2) is 0 Å². The minimum atomic E-state index is -3.21. The van der Waals surface area contributed by atoms with E-state index in [4.69, 9.17) is 4.74 Å². The molecule has 9 heteroatoms. The van der Waals surface area contributed by atoms with Crippen molar-refractivity contribution in [2.75, 3.05) is 32.5 Å². The largest absolute Gasteiger partial charge is 0.374 e. The van der Waals surface area contributed by atoms with Crippen molar-refractivity contribution in [1.82, 2.24) is 14.6 Å². The zero-order valence-corrected chi connectivity index (χ0v) is 14.6. The number of amides is 1. The summed E-state index contributed by atoms with van der Waals surface area (Å²) in [5.74, 6) is -0.105. The minimum Gasteiger partial charge on any atom is -0.374 e. The molecular weight excluding hydrogens is 326 g/mol. The van der Waals surface area contributed by atoms with Crippen molar-refractivity contribution in [2.45, 2.75) is 26.4 Å². The summed E-state index contributed by atoms with van der Waals surface area (Å²) >= 11 is 1.52. The number of thiazole rings is 1. The second-order valence-corrected chi connectivity index (χ2v) is 8.61. The van der Waals surface area contributed by atoms with Crippen LogP contribution in [0.2, 0.25) is 0 Å². The van der Waals surface area contributed by atoms with Gasteiger partial charge in [0.05, 0.1) is 36.1 Å². The number of sulfonamides is 1. The lowest BCUT2D eigenvalue weighted by Crippen LogP contribution is -2.49. The molecule has 0 radical (unpaired) electrons. The highest BCUT2D eigenvalue weighted by atomic mass is 32.2. The van der Waals surface area contributed by atoms with E-state index in [9.17, 15) is 13.2 Å². The molecule has 7 nitrogen and oxygen atoms in total. The van der Waals surface area contributed by atoms with Gasteiger partial charge in [-0.05, 0) is 13.8 Å². The van der Waals surface area contributed by atoms with E-state index < -0.39 is 10.0 Å². The summed E-state index contributed by atoms with van der Waals surface area (Å²) < 4.78 is 29.9. The van der Waals surface area contributed by atoms with Crippen LogP contribution >= 0.6 is 11.3 Å². The summed E-state index contributed by atoms with van der Waals surface area (Å²) in [6.07, 6.45) is 1.17. The van der Waals surface area contributed by atoms with Gasteiger partial charge in [0, 0.05) is 24.5 Å². The summed E-state index contributed by atoms with van der Waals surface area (Å²) in [5, 5.41) is 3.75. The Kier molecular flexibility index (Phi) is 5.54. The van der Waals surface area contributed by atoms with Crippen LogP contribution in [-0.4, -0.2) is 62.2 Å². The topological polar surface area (TPSA) is 88.6 Å². The van der Waals surface area contributed by atoms with E-state index in [0.717, 1.165) is 15.6 Å². The second-order valence-electron chi connectivity index (χ2n) is 5.34. The number of nitrogens with zero attached hydrogens (tertiary/aromatic N) is 2. The first kappa shape index (κ1) is 17.3. The number of carbonyl (C=O) groups is 1. The molecule has 1 aliphatic rings. The van der Waals surface area contributed by atoms with Gasteiger partial charge in [-0.15, -0.1) is 11.3 Å². The van der Waals surface area contributed by atoms with Gasteiger partial charge in [-0.3, -0.25) is 4.79 Å². The number of ether oxygens (including phenoxy) is 1. The predicted octanol–water partition coefficient (Wildman–Crippen LogP) is 0.0790. The van der Waals surface area contributed by atoms with Crippen LogP contribution in [0.4, 0.5) is 0 Å². The summed E-state index contributed by atoms with van der Waals surface area (Å²) in [6, 6.07) is 0. The Labute approximate surface area is 134 Å². The zero-order valence-electron chi connectivity index (χ0n) is 13.0. The van der Waals surface area contributed by atoms with Crippen molar-refractivity contribution >= 4 is 27.3 Å². The van der Waals surface area contributed by atoms with Gasteiger partial charge in [0.25, 0.3) is 0 Å². The van der Waals surface area contributed by atoms with E-state index in [1.807, 2.05) is 13.8 Å². The van der Waals surface area contributed by atoms with Crippen molar-refractivity contribution in [3.8, 4) is 0 Å². The molecule has 2 heterocycles. The van der Waals surface area contributed by atoms with Gasteiger partial charge in [-0.2, -0.15) is 4.31 Å². The number of aryl methyl sites for hydroxylation is 2. The monoisotopic (exact) mass is 347 g/mol. The van der Waals surface area contributed by atoms with E-state index in [1.54, 1.807) is 0 Å². The summed E-state index contributed by atoms with van der Waals surface area (Å²) in [5.41, 5.74) is 0.884. The number of hydrogen-bond donors (Lipinski definition) is 1. The Morgan fingerprint density at radius 1 is 1.50 bits per heavy atom. The molecule has 1 aromatic heterocycles. The highest BCUT2D eigenvalue weighted by Crippen LogP contribution is 2.17. The van der Waals surface area contributed by atoms with Gasteiger partial charge in [-0.25, -0.2) is 13.4 Å². The number of rotatable bonds is 5. The lowest BCUT2D eigenvalue weighted by Gasteiger charge is -2.31. The molecule has 124 valence electrons. The molecule has 1 fully saturated rings.